The lowest BCUT2D eigenvalue weighted by atomic mass is 9.69. The Morgan fingerprint density at radius 1 is 1.00 bits per heavy atom. The van der Waals surface area contributed by atoms with Crippen LogP contribution in [0.2, 0.25) is 5.02 Å². The monoisotopic (exact) mass is 594 g/mol. The van der Waals surface area contributed by atoms with Gasteiger partial charge in [-0.05, 0) is 63.1 Å². The summed E-state index contributed by atoms with van der Waals surface area (Å²) in [6.07, 6.45) is 1.32. The lowest BCUT2D eigenvalue weighted by Gasteiger charge is -2.50. The number of sulfone groups is 1. The van der Waals surface area contributed by atoms with Crippen molar-refractivity contribution in [1.29, 1.82) is 0 Å². The highest BCUT2D eigenvalue weighted by molar-refractivity contribution is 7.91. The molecular formula is C25H29ClF2O8S2. The Balaban J connectivity index is 1.83. The van der Waals surface area contributed by atoms with E-state index >= 15 is 4.39 Å². The molecule has 0 amide bonds. The summed E-state index contributed by atoms with van der Waals surface area (Å²) in [4.78, 5) is -0.123. The molecule has 2 aliphatic rings. The molecular weight excluding hydrogens is 566 g/mol. The quantitative estimate of drug-likeness (QED) is 0.321. The van der Waals surface area contributed by atoms with Crippen molar-refractivity contribution in [3.63, 3.8) is 0 Å². The number of hydrogen-bond acceptors (Lipinski definition) is 8. The highest BCUT2D eigenvalue weighted by Gasteiger charge is 2.55. The average molecular weight is 595 g/mol. The van der Waals surface area contributed by atoms with E-state index in [1.54, 1.807) is 13.8 Å². The highest BCUT2D eigenvalue weighted by atomic mass is 35.5. The van der Waals surface area contributed by atoms with Crippen LogP contribution >= 0.6 is 11.6 Å². The zero-order chi connectivity index (χ0) is 27.9. The first-order valence-electron chi connectivity index (χ1n) is 11.9. The lowest BCUT2D eigenvalue weighted by Crippen LogP contribution is -2.54. The molecule has 0 N–H and O–H groups in total. The van der Waals surface area contributed by atoms with Crippen molar-refractivity contribution in [1.82, 2.24) is 0 Å². The molecule has 1 fully saturated rings. The van der Waals surface area contributed by atoms with Crippen molar-refractivity contribution >= 4 is 31.6 Å². The molecule has 210 valence electrons. The van der Waals surface area contributed by atoms with Gasteiger partial charge in [-0.25, -0.2) is 17.2 Å². The van der Waals surface area contributed by atoms with E-state index in [4.69, 9.17) is 30.0 Å². The van der Waals surface area contributed by atoms with Crippen LogP contribution in [0.3, 0.4) is 0 Å². The van der Waals surface area contributed by atoms with Crippen molar-refractivity contribution in [2.75, 3.05) is 32.7 Å². The molecule has 2 heterocycles. The second kappa shape index (κ2) is 10.6. The third-order valence-corrected chi connectivity index (χ3v) is 9.95. The summed E-state index contributed by atoms with van der Waals surface area (Å²) in [5, 5.41) is -1.25. The summed E-state index contributed by atoms with van der Waals surface area (Å²) in [7, 11) is -8.03. The van der Waals surface area contributed by atoms with Gasteiger partial charge < -0.3 is 14.2 Å². The maximum absolute atomic E-state index is 15.4. The molecule has 1 saturated heterocycles. The number of ether oxygens (including phenoxy) is 3. The fourth-order valence-electron chi connectivity index (χ4n) is 4.96. The van der Waals surface area contributed by atoms with Crippen LogP contribution in [0.25, 0.3) is 0 Å². The summed E-state index contributed by atoms with van der Waals surface area (Å²) >= 11 is 5.96. The van der Waals surface area contributed by atoms with E-state index in [-0.39, 0.29) is 44.2 Å². The molecule has 2 atom stereocenters. The summed E-state index contributed by atoms with van der Waals surface area (Å²) in [6, 6.07) is 7.18. The smallest absolute Gasteiger partial charge is 0.264 e. The molecule has 0 aliphatic carbocycles. The Labute approximate surface area is 226 Å². The van der Waals surface area contributed by atoms with Gasteiger partial charge in [0.1, 0.15) is 11.1 Å². The standard InChI is InChI=1S/C25H29ClF2O8S2/c1-24(2)34-14-25(15-35-24,11-4-12-36-37(3,29)30)18-13-33-22-20(28)10-9-19(27)21(22)23(18)38(31,32)17-7-5-16(26)6-8-17/h5-10,18,23H,4,11-15H2,1-3H3/t18-,23+/m1/s1. The second-order valence-corrected chi connectivity index (χ2v) is 14.2. The van der Waals surface area contributed by atoms with Gasteiger partial charge >= 0.3 is 0 Å². The molecule has 0 aromatic heterocycles. The predicted molar refractivity (Wildman–Crippen MR) is 135 cm³/mol. The first kappa shape index (κ1) is 29.2. The Morgan fingerprint density at radius 2 is 1.61 bits per heavy atom. The van der Waals surface area contributed by atoms with Crippen LogP contribution in [-0.2, 0) is 33.6 Å². The van der Waals surface area contributed by atoms with Crippen molar-refractivity contribution in [2.45, 2.75) is 42.6 Å². The van der Waals surface area contributed by atoms with E-state index in [1.807, 2.05) is 0 Å². The highest BCUT2D eigenvalue weighted by Crippen LogP contribution is 2.54. The van der Waals surface area contributed by atoms with Gasteiger partial charge in [-0.15, -0.1) is 0 Å². The van der Waals surface area contributed by atoms with Gasteiger partial charge in [0.2, 0.25) is 0 Å². The van der Waals surface area contributed by atoms with Gasteiger partial charge in [-0.3, -0.25) is 4.18 Å². The Kier molecular flexibility index (Phi) is 8.15. The van der Waals surface area contributed by atoms with Crippen LogP contribution in [0.5, 0.6) is 5.75 Å². The number of fused-ring (bicyclic) bond motifs is 1. The maximum Gasteiger partial charge on any atom is 0.264 e. The van der Waals surface area contributed by atoms with Crippen molar-refractivity contribution in [2.24, 2.45) is 11.3 Å². The normalized spacial score (nSPS) is 22.9. The SMILES string of the molecule is CC1(C)OCC(CCCOS(C)(=O)=O)([C@@H]2COc3c(F)ccc(F)c3[C@H]2S(=O)(=O)c2ccc(Cl)cc2)CO1. The summed E-state index contributed by atoms with van der Waals surface area (Å²) < 4.78 is 104. The molecule has 2 aliphatic heterocycles. The zero-order valence-electron chi connectivity index (χ0n) is 21.1. The maximum atomic E-state index is 15.4. The van der Waals surface area contributed by atoms with E-state index < -0.39 is 65.3 Å². The minimum Gasteiger partial charge on any atom is -0.490 e. The minimum absolute atomic E-state index is 0.00576. The van der Waals surface area contributed by atoms with Crippen LogP contribution < -0.4 is 4.74 Å². The van der Waals surface area contributed by atoms with E-state index in [1.165, 1.54) is 24.3 Å². The third kappa shape index (κ3) is 6.00. The van der Waals surface area contributed by atoms with Crippen LogP contribution in [0.4, 0.5) is 8.78 Å². The summed E-state index contributed by atoms with van der Waals surface area (Å²) in [5.41, 5.74) is -1.48. The molecule has 0 radical (unpaired) electrons. The van der Waals surface area contributed by atoms with E-state index in [2.05, 4.69) is 0 Å². The van der Waals surface area contributed by atoms with Gasteiger partial charge in [-0.2, -0.15) is 8.42 Å². The van der Waals surface area contributed by atoms with Gasteiger partial charge in [0.05, 0.1) is 43.1 Å². The number of benzene rings is 2. The molecule has 38 heavy (non-hydrogen) atoms. The fourth-order valence-corrected chi connectivity index (χ4v) is 7.64. The molecule has 0 unspecified atom stereocenters. The Bertz CT molecular complexity index is 1390. The fraction of sp³-hybridized carbons (Fsp3) is 0.520. The molecule has 13 heteroatoms. The number of halogens is 3. The molecule has 0 spiro atoms. The van der Waals surface area contributed by atoms with Crippen molar-refractivity contribution in [3.05, 3.63) is 58.6 Å². The summed E-state index contributed by atoms with van der Waals surface area (Å²) in [6.45, 7) is 2.98. The van der Waals surface area contributed by atoms with Crippen LogP contribution in [0.15, 0.2) is 41.3 Å². The van der Waals surface area contributed by atoms with Crippen LogP contribution in [0, 0.1) is 23.0 Å². The van der Waals surface area contributed by atoms with Crippen LogP contribution in [0.1, 0.15) is 37.5 Å². The number of rotatable bonds is 8. The molecule has 8 nitrogen and oxygen atoms in total. The number of hydrogen-bond donors (Lipinski definition) is 0. The average Bonchev–Trinajstić information content (AvgIpc) is 2.84. The molecule has 0 bridgehead atoms. The van der Waals surface area contributed by atoms with Gasteiger partial charge in [0.25, 0.3) is 10.1 Å². The second-order valence-electron chi connectivity index (χ2n) is 10.1. The van der Waals surface area contributed by atoms with Gasteiger partial charge in [-0.1, -0.05) is 11.6 Å². The van der Waals surface area contributed by atoms with Crippen molar-refractivity contribution < 1.29 is 44.0 Å². The van der Waals surface area contributed by atoms with E-state index in [0.717, 1.165) is 18.4 Å². The predicted octanol–water partition coefficient (Wildman–Crippen LogP) is 4.67. The zero-order valence-corrected chi connectivity index (χ0v) is 23.5. The molecule has 4 rings (SSSR count). The molecule has 0 saturated carbocycles. The lowest BCUT2D eigenvalue weighted by molar-refractivity contribution is -0.297. The Morgan fingerprint density at radius 3 is 2.21 bits per heavy atom. The molecule has 2 aromatic rings. The van der Waals surface area contributed by atoms with Gasteiger partial charge in [0, 0.05) is 16.4 Å². The first-order chi connectivity index (χ1) is 17.7. The Hall–Kier alpha value is -1.83. The minimum atomic E-state index is -4.33. The summed E-state index contributed by atoms with van der Waals surface area (Å²) in [5.74, 6) is -4.20. The third-order valence-electron chi connectivity index (χ3n) is 6.95. The topological polar surface area (TPSA) is 105 Å². The van der Waals surface area contributed by atoms with E-state index in [9.17, 15) is 21.2 Å². The van der Waals surface area contributed by atoms with E-state index in [0.29, 0.717) is 5.02 Å². The van der Waals surface area contributed by atoms with Crippen molar-refractivity contribution in [3.8, 4) is 5.75 Å². The first-order valence-corrected chi connectivity index (χ1v) is 15.6. The van der Waals surface area contributed by atoms with Gasteiger partial charge in [0.15, 0.2) is 27.2 Å². The van der Waals surface area contributed by atoms with Crippen LogP contribution in [-0.4, -0.2) is 55.3 Å². The molecule has 2 aromatic carbocycles. The largest absolute Gasteiger partial charge is 0.490 e.